The van der Waals surface area contributed by atoms with Gasteiger partial charge in [0.2, 0.25) is 0 Å². The third-order valence-electron chi connectivity index (χ3n) is 1.59. The molecule has 0 atom stereocenters. The third kappa shape index (κ3) is 0.886. The summed E-state index contributed by atoms with van der Waals surface area (Å²) < 4.78 is 0. The van der Waals surface area contributed by atoms with Crippen LogP contribution in [0.2, 0.25) is 5.02 Å². The Bertz CT molecular complexity index is 393. The summed E-state index contributed by atoms with van der Waals surface area (Å²) in [7, 11) is 0. The lowest BCUT2D eigenvalue weighted by Gasteiger charge is -1.95. The summed E-state index contributed by atoms with van der Waals surface area (Å²) in [6.07, 6.45) is 3.40. The second-order valence-corrected chi connectivity index (χ2v) is 2.77. The number of rotatable bonds is 0. The Hall–Kier alpha value is -1.09. The fourth-order valence-corrected chi connectivity index (χ4v) is 1.16. The minimum absolute atomic E-state index is 0.726. The second-order valence-electron chi connectivity index (χ2n) is 2.39. The molecule has 0 saturated carbocycles. The van der Waals surface area contributed by atoms with Crippen LogP contribution in [-0.2, 0) is 0 Å². The molecule has 1 N–H and O–H groups in total. The van der Waals surface area contributed by atoms with Crippen molar-refractivity contribution in [2.45, 2.75) is 6.92 Å². The Balaban J connectivity index is 2.93. The van der Waals surface area contributed by atoms with Crippen molar-refractivity contribution in [3.05, 3.63) is 23.0 Å². The van der Waals surface area contributed by atoms with Gasteiger partial charge in [-0.15, -0.1) is 0 Å². The quantitative estimate of drug-likeness (QED) is 0.652. The molecule has 2 rings (SSSR count). The molecule has 2 aromatic heterocycles. The highest BCUT2D eigenvalue weighted by atomic mass is 35.5. The number of fused-ring (bicyclic) bond motifs is 1. The highest BCUT2D eigenvalue weighted by Crippen LogP contribution is 2.22. The van der Waals surface area contributed by atoms with Gasteiger partial charge in [-0.1, -0.05) is 11.6 Å². The molecule has 0 aliphatic rings. The van der Waals surface area contributed by atoms with Crippen LogP contribution in [0, 0.1) is 6.92 Å². The predicted molar refractivity (Wildman–Crippen MR) is 43.6 cm³/mol. The van der Waals surface area contributed by atoms with Crippen LogP contribution >= 0.6 is 11.6 Å². The maximum absolute atomic E-state index is 5.97. The van der Waals surface area contributed by atoms with E-state index in [9.17, 15) is 0 Å². The third-order valence-corrected chi connectivity index (χ3v) is 2.09. The summed E-state index contributed by atoms with van der Waals surface area (Å²) in [5.74, 6) is 0. The second kappa shape index (κ2) is 2.20. The van der Waals surface area contributed by atoms with Gasteiger partial charge in [-0.2, -0.15) is 5.10 Å². The van der Waals surface area contributed by atoms with Crippen LogP contribution in [0.25, 0.3) is 11.0 Å². The number of hydrogen-bond donors (Lipinski definition) is 1. The van der Waals surface area contributed by atoms with E-state index in [4.69, 9.17) is 11.6 Å². The Labute approximate surface area is 68.4 Å². The molecule has 0 aliphatic heterocycles. The molecule has 0 radical (unpaired) electrons. The number of aromatic nitrogens is 3. The zero-order valence-corrected chi connectivity index (χ0v) is 6.68. The summed E-state index contributed by atoms with van der Waals surface area (Å²) in [4.78, 5) is 4.10. The molecule has 0 aromatic carbocycles. The van der Waals surface area contributed by atoms with Crippen molar-refractivity contribution < 1.29 is 0 Å². The van der Waals surface area contributed by atoms with Gasteiger partial charge >= 0.3 is 0 Å². The van der Waals surface area contributed by atoms with Crippen molar-refractivity contribution >= 4 is 22.6 Å². The van der Waals surface area contributed by atoms with Gasteiger partial charge in [-0.25, -0.2) is 4.98 Å². The lowest BCUT2D eigenvalue weighted by molar-refractivity contribution is 1.10. The molecule has 0 saturated heterocycles. The van der Waals surface area contributed by atoms with Crippen LogP contribution < -0.4 is 0 Å². The molecular formula is C7H6ClN3. The van der Waals surface area contributed by atoms with Crippen LogP contribution in [0.15, 0.2) is 12.4 Å². The molecule has 0 unspecified atom stereocenters. The first kappa shape index (κ1) is 6.61. The minimum atomic E-state index is 0.726. The monoisotopic (exact) mass is 167 g/mol. The number of H-pyrrole nitrogens is 1. The molecule has 4 heteroatoms. The van der Waals surface area contributed by atoms with E-state index in [1.165, 1.54) is 0 Å². The molecule has 3 nitrogen and oxygen atoms in total. The summed E-state index contributed by atoms with van der Waals surface area (Å²) >= 11 is 5.97. The first-order valence-electron chi connectivity index (χ1n) is 3.23. The van der Waals surface area contributed by atoms with Gasteiger partial charge in [0.1, 0.15) is 0 Å². The van der Waals surface area contributed by atoms with Crippen LogP contribution in [0.1, 0.15) is 5.56 Å². The van der Waals surface area contributed by atoms with Gasteiger partial charge in [0.05, 0.1) is 16.6 Å². The van der Waals surface area contributed by atoms with Crippen molar-refractivity contribution in [2.24, 2.45) is 0 Å². The Morgan fingerprint density at radius 1 is 1.45 bits per heavy atom. The van der Waals surface area contributed by atoms with Gasteiger partial charge < -0.3 is 0 Å². The molecule has 11 heavy (non-hydrogen) atoms. The van der Waals surface area contributed by atoms with E-state index in [2.05, 4.69) is 15.2 Å². The van der Waals surface area contributed by atoms with Crippen molar-refractivity contribution in [2.75, 3.05) is 0 Å². The molecule has 2 heterocycles. The SMILES string of the molecule is Cc1cnc2[nH]ncc2c1Cl. The number of aryl methyl sites for hydroxylation is 1. The average Bonchev–Trinajstić information content (AvgIpc) is 2.45. The summed E-state index contributed by atoms with van der Waals surface area (Å²) in [6.45, 7) is 1.92. The maximum Gasteiger partial charge on any atom is 0.156 e. The fourth-order valence-electron chi connectivity index (χ4n) is 0.969. The van der Waals surface area contributed by atoms with Gasteiger partial charge in [-0.05, 0) is 12.5 Å². The molecule has 0 fully saturated rings. The topological polar surface area (TPSA) is 41.6 Å². The van der Waals surface area contributed by atoms with E-state index >= 15 is 0 Å². The molecule has 56 valence electrons. The lowest BCUT2D eigenvalue weighted by Crippen LogP contribution is -1.80. The van der Waals surface area contributed by atoms with Gasteiger partial charge in [0, 0.05) is 6.20 Å². The van der Waals surface area contributed by atoms with Crippen molar-refractivity contribution in [1.29, 1.82) is 0 Å². The van der Waals surface area contributed by atoms with Gasteiger partial charge in [0.15, 0.2) is 5.65 Å². The largest absolute Gasteiger partial charge is 0.261 e. The molecule has 0 aliphatic carbocycles. The molecule has 0 spiro atoms. The lowest BCUT2D eigenvalue weighted by atomic mass is 10.2. The Morgan fingerprint density at radius 3 is 3.09 bits per heavy atom. The normalized spacial score (nSPS) is 10.7. The van der Waals surface area contributed by atoms with Crippen molar-refractivity contribution in [1.82, 2.24) is 15.2 Å². The number of hydrogen-bond acceptors (Lipinski definition) is 2. The highest BCUT2D eigenvalue weighted by molar-refractivity contribution is 6.35. The van der Waals surface area contributed by atoms with E-state index in [1.807, 2.05) is 6.92 Å². The van der Waals surface area contributed by atoms with Crippen LogP contribution in [-0.4, -0.2) is 15.2 Å². The van der Waals surface area contributed by atoms with Crippen molar-refractivity contribution in [3.8, 4) is 0 Å². The van der Waals surface area contributed by atoms with Gasteiger partial charge in [0.25, 0.3) is 0 Å². The number of nitrogens with one attached hydrogen (secondary N) is 1. The van der Waals surface area contributed by atoms with Crippen LogP contribution in [0.3, 0.4) is 0 Å². The minimum Gasteiger partial charge on any atom is -0.261 e. The number of aromatic amines is 1. The maximum atomic E-state index is 5.97. The summed E-state index contributed by atoms with van der Waals surface area (Å²) in [5.41, 5.74) is 1.71. The molecule has 0 bridgehead atoms. The van der Waals surface area contributed by atoms with E-state index in [-0.39, 0.29) is 0 Å². The standard InChI is InChI=1S/C7H6ClN3/c1-4-2-9-7-5(6(4)8)3-10-11-7/h2-3H,1H3,(H,9,10,11). The summed E-state index contributed by atoms with van der Waals surface area (Å²) in [5, 5.41) is 8.18. The molecule has 2 aromatic rings. The number of pyridine rings is 1. The van der Waals surface area contributed by atoms with Crippen LogP contribution in [0.5, 0.6) is 0 Å². The first-order valence-corrected chi connectivity index (χ1v) is 3.61. The Kier molecular flexibility index (Phi) is 1.32. The predicted octanol–water partition coefficient (Wildman–Crippen LogP) is 1.92. The smallest absolute Gasteiger partial charge is 0.156 e. The van der Waals surface area contributed by atoms with E-state index in [0.717, 1.165) is 21.6 Å². The zero-order valence-electron chi connectivity index (χ0n) is 5.93. The Morgan fingerprint density at radius 2 is 2.27 bits per heavy atom. The van der Waals surface area contributed by atoms with Gasteiger partial charge in [-0.3, -0.25) is 5.10 Å². The molecular weight excluding hydrogens is 162 g/mol. The first-order chi connectivity index (χ1) is 5.29. The fraction of sp³-hybridized carbons (Fsp3) is 0.143. The molecule has 0 amide bonds. The summed E-state index contributed by atoms with van der Waals surface area (Å²) in [6, 6.07) is 0. The van der Waals surface area contributed by atoms with E-state index in [1.54, 1.807) is 12.4 Å². The number of nitrogens with zero attached hydrogens (tertiary/aromatic N) is 2. The number of halogens is 1. The highest BCUT2D eigenvalue weighted by Gasteiger charge is 2.03. The van der Waals surface area contributed by atoms with E-state index < -0.39 is 0 Å². The average molecular weight is 168 g/mol. The van der Waals surface area contributed by atoms with E-state index in [0.29, 0.717) is 0 Å². The zero-order chi connectivity index (χ0) is 7.84. The van der Waals surface area contributed by atoms with Crippen LogP contribution in [0.4, 0.5) is 0 Å². The van der Waals surface area contributed by atoms with Crippen molar-refractivity contribution in [3.63, 3.8) is 0 Å².